The molecule has 7 heteroatoms. The molecule has 1 aliphatic heterocycles. The van der Waals surface area contributed by atoms with Gasteiger partial charge >= 0.3 is 0 Å². The smallest absolute Gasteiger partial charge is 0.246 e. The maximum Gasteiger partial charge on any atom is 0.246 e. The van der Waals surface area contributed by atoms with E-state index in [9.17, 15) is 14.4 Å². The molecule has 0 aromatic heterocycles. The minimum atomic E-state index is -0.882. The molecule has 2 rings (SSSR count). The highest BCUT2D eigenvalue weighted by Crippen LogP contribution is 2.45. The number of unbranched alkanes of at least 4 members (excludes halogenated alkanes) is 3. The maximum atomic E-state index is 12.8. The third-order valence-corrected chi connectivity index (χ3v) is 5.39. The number of rotatable bonds is 9. The highest BCUT2D eigenvalue weighted by Gasteiger charge is 2.60. The predicted molar refractivity (Wildman–Crippen MR) is 100 cm³/mol. The first-order valence-electron chi connectivity index (χ1n) is 9.70. The first-order chi connectivity index (χ1) is 12.5. The van der Waals surface area contributed by atoms with Gasteiger partial charge < -0.3 is 21.3 Å². The van der Waals surface area contributed by atoms with Crippen molar-refractivity contribution in [1.29, 1.82) is 0 Å². The lowest BCUT2D eigenvalue weighted by molar-refractivity contribution is -0.139. The zero-order valence-electron chi connectivity index (χ0n) is 15.9. The summed E-state index contributed by atoms with van der Waals surface area (Å²) in [7, 11) is 1.58. The van der Waals surface area contributed by atoms with E-state index in [1.165, 1.54) is 17.7 Å². The van der Waals surface area contributed by atoms with Gasteiger partial charge in [-0.15, -0.1) is 0 Å². The van der Waals surface area contributed by atoms with E-state index in [-0.39, 0.29) is 30.2 Å². The number of likely N-dealkylation sites (N-methyl/N-ethyl adjacent to an activating group) is 1. The Kier molecular flexibility index (Phi) is 7.20. The van der Waals surface area contributed by atoms with Gasteiger partial charge in [0.05, 0.1) is 6.54 Å². The topological polar surface area (TPSA) is 105 Å². The summed E-state index contributed by atoms with van der Waals surface area (Å²) in [5.41, 5.74) is 4.56. The third-order valence-electron chi connectivity index (χ3n) is 5.39. The van der Waals surface area contributed by atoms with Crippen molar-refractivity contribution in [3.8, 4) is 0 Å². The van der Waals surface area contributed by atoms with Gasteiger partial charge in [-0.05, 0) is 32.1 Å². The number of amides is 3. The first kappa shape index (κ1) is 20.4. The molecule has 0 unspecified atom stereocenters. The number of hydrogen-bond acceptors (Lipinski definition) is 4. The monoisotopic (exact) mass is 364 g/mol. The van der Waals surface area contributed by atoms with Gasteiger partial charge in [-0.1, -0.05) is 31.9 Å². The largest absolute Gasteiger partial charge is 0.357 e. The van der Waals surface area contributed by atoms with E-state index in [2.05, 4.69) is 23.6 Å². The van der Waals surface area contributed by atoms with Crippen LogP contribution in [0, 0.1) is 5.92 Å². The molecule has 0 aromatic carbocycles. The highest BCUT2D eigenvalue weighted by atomic mass is 16.2. The maximum absolute atomic E-state index is 12.8. The number of carbonyl (C=O) groups is 3. The lowest BCUT2D eigenvalue weighted by Crippen LogP contribution is -2.55. The van der Waals surface area contributed by atoms with E-state index in [1.807, 2.05) is 6.08 Å². The predicted octanol–water partition coefficient (Wildman–Crippen LogP) is 0.694. The van der Waals surface area contributed by atoms with Crippen LogP contribution in [0.3, 0.4) is 0 Å². The Hall–Kier alpha value is -1.89. The van der Waals surface area contributed by atoms with Crippen LogP contribution in [-0.2, 0) is 14.4 Å². The van der Waals surface area contributed by atoms with Crippen molar-refractivity contribution in [2.24, 2.45) is 11.7 Å². The van der Waals surface area contributed by atoms with Gasteiger partial charge in [0.15, 0.2) is 0 Å². The normalized spacial score (nSPS) is 27.6. The van der Waals surface area contributed by atoms with E-state index in [0.29, 0.717) is 19.4 Å². The molecule has 4 N–H and O–H groups in total. The second-order valence-corrected chi connectivity index (χ2v) is 7.22. The van der Waals surface area contributed by atoms with Crippen molar-refractivity contribution in [3.63, 3.8) is 0 Å². The van der Waals surface area contributed by atoms with Gasteiger partial charge in [0.25, 0.3) is 0 Å². The molecule has 0 spiro atoms. The molecule has 0 bridgehead atoms. The summed E-state index contributed by atoms with van der Waals surface area (Å²) in [6.45, 7) is 2.60. The fourth-order valence-corrected chi connectivity index (χ4v) is 3.74. The Bertz CT molecular complexity index is 563. The van der Waals surface area contributed by atoms with Crippen LogP contribution in [0.1, 0.15) is 51.9 Å². The molecule has 2 fully saturated rings. The van der Waals surface area contributed by atoms with Crippen LogP contribution in [0.4, 0.5) is 0 Å². The molecule has 0 aromatic rings. The first-order valence-corrected chi connectivity index (χ1v) is 9.70. The van der Waals surface area contributed by atoms with Crippen LogP contribution in [-0.4, -0.2) is 54.3 Å². The molecule has 1 aliphatic carbocycles. The van der Waals surface area contributed by atoms with Crippen molar-refractivity contribution in [2.45, 2.75) is 63.5 Å². The minimum absolute atomic E-state index is 0.00749. The van der Waals surface area contributed by atoms with Crippen LogP contribution < -0.4 is 16.4 Å². The van der Waals surface area contributed by atoms with Gasteiger partial charge in [0.1, 0.15) is 11.6 Å². The van der Waals surface area contributed by atoms with Crippen molar-refractivity contribution in [1.82, 2.24) is 15.5 Å². The summed E-state index contributed by atoms with van der Waals surface area (Å²) < 4.78 is 0. The fraction of sp³-hybridized carbons (Fsp3) is 0.737. The second kappa shape index (κ2) is 9.16. The zero-order valence-corrected chi connectivity index (χ0v) is 15.9. The van der Waals surface area contributed by atoms with Crippen molar-refractivity contribution in [2.75, 3.05) is 20.1 Å². The lowest BCUT2D eigenvalue weighted by atomic mass is 10.1. The molecule has 26 heavy (non-hydrogen) atoms. The van der Waals surface area contributed by atoms with E-state index in [4.69, 9.17) is 5.73 Å². The Morgan fingerprint density at radius 1 is 1.31 bits per heavy atom. The van der Waals surface area contributed by atoms with E-state index in [0.717, 1.165) is 19.3 Å². The number of hydrogen-bond donors (Lipinski definition) is 3. The van der Waals surface area contributed by atoms with Crippen LogP contribution in [0.15, 0.2) is 12.2 Å². The molecular formula is C19H32N4O3. The Labute approximate surface area is 155 Å². The molecule has 3 atom stereocenters. The molecule has 0 radical (unpaired) electrons. The number of nitrogens with zero attached hydrogens (tertiary/aromatic N) is 1. The molecule has 3 amide bonds. The molecule has 1 saturated carbocycles. The molecule has 2 aliphatic rings. The van der Waals surface area contributed by atoms with Crippen LogP contribution >= 0.6 is 0 Å². The SMILES string of the molecule is CCCCC/C=C\[C@@H]1C[C@]1(NC(=O)[C@@H]1CCCN1C(=O)CN)C(=O)NC. The Balaban J connectivity index is 1.99. The molecule has 7 nitrogen and oxygen atoms in total. The Morgan fingerprint density at radius 2 is 2.08 bits per heavy atom. The number of nitrogens with one attached hydrogen (secondary N) is 2. The van der Waals surface area contributed by atoms with Crippen molar-refractivity contribution < 1.29 is 14.4 Å². The summed E-state index contributed by atoms with van der Waals surface area (Å²) in [6, 6.07) is -0.526. The van der Waals surface area contributed by atoms with Gasteiger partial charge in [-0.2, -0.15) is 0 Å². The standard InChI is InChI=1S/C19H32N4O3/c1-3-4-5-6-7-9-14-12-19(14,18(26)21-2)22-17(25)15-10-8-11-23(15)16(24)13-20/h7,9,14-15H,3-6,8,10-13,20H2,1-2H3,(H,21,26)(H,22,25)/b9-7-/t14-,15+,19-/m1/s1. The summed E-state index contributed by atoms with van der Waals surface area (Å²) in [4.78, 5) is 38.6. The number of allylic oxidation sites excluding steroid dienone is 1. The summed E-state index contributed by atoms with van der Waals surface area (Å²) in [5, 5.41) is 5.60. The van der Waals surface area contributed by atoms with Gasteiger partial charge in [-0.3, -0.25) is 14.4 Å². The summed E-state index contributed by atoms with van der Waals surface area (Å²) >= 11 is 0. The summed E-state index contributed by atoms with van der Waals surface area (Å²) in [6.07, 6.45) is 10.6. The molecule has 1 heterocycles. The number of likely N-dealkylation sites (tertiary alicyclic amines) is 1. The van der Waals surface area contributed by atoms with Crippen LogP contribution in [0.5, 0.6) is 0 Å². The van der Waals surface area contributed by atoms with E-state index < -0.39 is 11.6 Å². The van der Waals surface area contributed by atoms with Crippen LogP contribution in [0.2, 0.25) is 0 Å². The number of carbonyl (C=O) groups excluding carboxylic acids is 3. The van der Waals surface area contributed by atoms with Gasteiger partial charge in [0, 0.05) is 19.5 Å². The number of nitrogens with two attached hydrogens (primary N) is 1. The zero-order chi connectivity index (χ0) is 19.2. The molecule has 146 valence electrons. The average molecular weight is 364 g/mol. The summed E-state index contributed by atoms with van der Waals surface area (Å²) in [5.74, 6) is -0.647. The molecule has 1 saturated heterocycles. The molecular weight excluding hydrogens is 332 g/mol. The van der Waals surface area contributed by atoms with Crippen LogP contribution in [0.25, 0.3) is 0 Å². The van der Waals surface area contributed by atoms with Crippen molar-refractivity contribution in [3.05, 3.63) is 12.2 Å². The van der Waals surface area contributed by atoms with Gasteiger partial charge in [-0.25, -0.2) is 0 Å². The van der Waals surface area contributed by atoms with Crippen molar-refractivity contribution >= 4 is 17.7 Å². The quantitative estimate of drug-likeness (QED) is 0.414. The van der Waals surface area contributed by atoms with Gasteiger partial charge in [0.2, 0.25) is 17.7 Å². The average Bonchev–Trinajstić information content (AvgIpc) is 3.11. The fourth-order valence-electron chi connectivity index (χ4n) is 3.74. The Morgan fingerprint density at radius 3 is 2.73 bits per heavy atom. The second-order valence-electron chi connectivity index (χ2n) is 7.22. The minimum Gasteiger partial charge on any atom is -0.357 e. The third kappa shape index (κ3) is 4.44. The lowest BCUT2D eigenvalue weighted by Gasteiger charge is -2.26. The highest BCUT2D eigenvalue weighted by molar-refractivity contribution is 5.97. The van der Waals surface area contributed by atoms with E-state index >= 15 is 0 Å². The van der Waals surface area contributed by atoms with E-state index in [1.54, 1.807) is 7.05 Å².